The molecule has 5 rings (SSSR count). The normalized spacial score (nSPS) is 25.5. The first-order valence-corrected chi connectivity index (χ1v) is 11.4. The quantitative estimate of drug-likeness (QED) is 0.755. The van der Waals surface area contributed by atoms with Gasteiger partial charge in [-0.05, 0) is 37.2 Å². The van der Waals surface area contributed by atoms with Crippen molar-refractivity contribution in [2.45, 2.75) is 57.0 Å². The highest BCUT2D eigenvalue weighted by Gasteiger charge is 2.40. The number of aromatic hydroxyl groups is 1. The number of halogens is 1. The average molecular weight is 443 g/mol. The van der Waals surface area contributed by atoms with Gasteiger partial charge in [0.15, 0.2) is 5.82 Å². The van der Waals surface area contributed by atoms with Crippen molar-refractivity contribution in [2.75, 3.05) is 38.7 Å². The van der Waals surface area contributed by atoms with Gasteiger partial charge in [0.25, 0.3) is 0 Å². The van der Waals surface area contributed by atoms with Crippen molar-refractivity contribution < 1.29 is 19.0 Å². The van der Waals surface area contributed by atoms with Crippen LogP contribution >= 0.6 is 0 Å². The van der Waals surface area contributed by atoms with Gasteiger partial charge in [-0.3, -0.25) is 0 Å². The number of alkyl halides is 1. The van der Waals surface area contributed by atoms with Gasteiger partial charge in [-0.25, -0.2) is 4.39 Å². The number of fused-ring (bicyclic) bond motifs is 1. The summed E-state index contributed by atoms with van der Waals surface area (Å²) in [4.78, 5) is 2.00. The lowest BCUT2D eigenvalue weighted by molar-refractivity contribution is -0.125. The Morgan fingerprint density at radius 3 is 2.75 bits per heavy atom. The van der Waals surface area contributed by atoms with Crippen LogP contribution in [-0.2, 0) is 22.5 Å². The number of rotatable bonds is 3. The Bertz CT molecular complexity index is 985. The van der Waals surface area contributed by atoms with Crippen LogP contribution in [0.15, 0.2) is 18.2 Å². The van der Waals surface area contributed by atoms with E-state index in [-0.39, 0.29) is 17.4 Å². The first-order valence-electron chi connectivity index (χ1n) is 11.4. The van der Waals surface area contributed by atoms with Crippen LogP contribution < -0.4 is 5.32 Å². The molecule has 7 nitrogen and oxygen atoms in total. The summed E-state index contributed by atoms with van der Waals surface area (Å²) >= 11 is 0. The summed E-state index contributed by atoms with van der Waals surface area (Å²) in [7, 11) is 1.93. The molecular weight excluding hydrogens is 411 g/mol. The summed E-state index contributed by atoms with van der Waals surface area (Å²) in [5.41, 5.74) is 4.08. The van der Waals surface area contributed by atoms with E-state index >= 15 is 0 Å². The van der Waals surface area contributed by atoms with Crippen molar-refractivity contribution in [3.63, 3.8) is 0 Å². The molecule has 2 fully saturated rings. The minimum Gasteiger partial charge on any atom is -0.507 e. The van der Waals surface area contributed by atoms with Crippen molar-refractivity contribution in [3.05, 3.63) is 34.9 Å². The third kappa shape index (κ3) is 4.19. The summed E-state index contributed by atoms with van der Waals surface area (Å²) in [6.45, 7) is 4.92. The van der Waals surface area contributed by atoms with Crippen molar-refractivity contribution in [3.8, 4) is 17.0 Å². The van der Waals surface area contributed by atoms with Crippen LogP contribution in [0.2, 0.25) is 0 Å². The third-order valence-corrected chi connectivity index (χ3v) is 6.94. The molecule has 0 aliphatic carbocycles. The van der Waals surface area contributed by atoms with Crippen LogP contribution in [0.4, 0.5) is 10.2 Å². The van der Waals surface area contributed by atoms with Crippen molar-refractivity contribution in [1.29, 1.82) is 0 Å². The number of hydrogen-bond donors (Lipinski definition) is 2. The van der Waals surface area contributed by atoms with Gasteiger partial charge in [0.05, 0.1) is 12.2 Å². The van der Waals surface area contributed by atoms with E-state index in [4.69, 9.17) is 9.47 Å². The second-order valence-electron chi connectivity index (χ2n) is 9.53. The SMILES string of the molecule is Cc1ccc(-c2nnc(N[C@@H]3C[C@@H](F)CN(C)C3)c3c2CC2(CCOCC2)OC3)c(O)c1. The number of ether oxygens (including phenoxy) is 2. The number of aryl methyl sites for hydroxylation is 1. The zero-order valence-corrected chi connectivity index (χ0v) is 18.7. The molecule has 1 spiro atoms. The number of phenols is 1. The number of benzene rings is 1. The van der Waals surface area contributed by atoms with Gasteiger partial charge in [-0.15, -0.1) is 10.2 Å². The molecule has 1 aromatic heterocycles. The topological polar surface area (TPSA) is 79.7 Å². The fourth-order valence-electron chi connectivity index (χ4n) is 5.23. The smallest absolute Gasteiger partial charge is 0.154 e. The molecule has 2 aromatic rings. The van der Waals surface area contributed by atoms with Gasteiger partial charge in [0, 0.05) is 69.2 Å². The van der Waals surface area contributed by atoms with Crippen molar-refractivity contribution in [1.82, 2.24) is 15.1 Å². The molecule has 1 aromatic carbocycles. The Morgan fingerprint density at radius 1 is 1.19 bits per heavy atom. The maximum atomic E-state index is 14.1. The standard InChI is InChI=1S/C24H31FN4O3/c1-15-3-4-18(21(30)9-15)22-19-11-24(5-7-31-8-6-24)32-14-20(19)23(28-27-22)26-17-10-16(25)12-29(2)13-17/h3-4,9,16-17,30H,5-8,10-14H2,1-2H3,(H,26,28)/t16-,17-/m1/s1. The molecule has 0 radical (unpaired) electrons. The van der Waals surface area contributed by atoms with E-state index in [1.165, 1.54) is 0 Å². The van der Waals surface area contributed by atoms with Crippen LogP contribution in [-0.4, -0.2) is 71.4 Å². The van der Waals surface area contributed by atoms with Gasteiger partial charge < -0.3 is 24.8 Å². The Labute approximate surface area is 187 Å². The van der Waals surface area contributed by atoms with Gasteiger partial charge in [0.2, 0.25) is 0 Å². The van der Waals surface area contributed by atoms with Crippen LogP contribution in [0.5, 0.6) is 5.75 Å². The molecule has 172 valence electrons. The lowest BCUT2D eigenvalue weighted by Gasteiger charge is -2.42. The minimum absolute atomic E-state index is 0.0419. The number of phenolic OH excluding ortho intramolecular Hbond substituents is 1. The zero-order valence-electron chi connectivity index (χ0n) is 18.7. The van der Waals surface area contributed by atoms with Gasteiger partial charge in [-0.1, -0.05) is 6.07 Å². The molecule has 0 unspecified atom stereocenters. The Morgan fingerprint density at radius 2 is 2.00 bits per heavy atom. The molecule has 0 amide bonds. The predicted molar refractivity (Wildman–Crippen MR) is 120 cm³/mol. The van der Waals surface area contributed by atoms with Crippen molar-refractivity contribution in [2.24, 2.45) is 0 Å². The third-order valence-electron chi connectivity index (χ3n) is 6.94. The number of piperidine rings is 1. The van der Waals surface area contributed by atoms with Crippen LogP contribution in [0.3, 0.4) is 0 Å². The lowest BCUT2D eigenvalue weighted by Crippen LogP contribution is -2.46. The van der Waals surface area contributed by atoms with E-state index in [1.807, 2.05) is 31.0 Å². The number of likely N-dealkylation sites (tertiary alicyclic amines) is 1. The molecular formula is C24H31FN4O3. The van der Waals surface area contributed by atoms with E-state index in [0.717, 1.165) is 36.1 Å². The lowest BCUT2D eigenvalue weighted by atomic mass is 9.82. The molecule has 3 aliphatic heterocycles. The van der Waals surface area contributed by atoms with E-state index in [1.54, 1.807) is 6.07 Å². The van der Waals surface area contributed by atoms with E-state index in [9.17, 15) is 9.50 Å². The summed E-state index contributed by atoms with van der Waals surface area (Å²) in [6, 6.07) is 5.58. The number of nitrogens with zero attached hydrogens (tertiary/aromatic N) is 3. The number of aromatic nitrogens is 2. The fraction of sp³-hybridized carbons (Fsp3) is 0.583. The largest absolute Gasteiger partial charge is 0.507 e. The molecule has 2 N–H and O–H groups in total. The fourth-order valence-corrected chi connectivity index (χ4v) is 5.23. The van der Waals surface area contributed by atoms with E-state index < -0.39 is 6.17 Å². The first-order chi connectivity index (χ1) is 15.4. The van der Waals surface area contributed by atoms with Crippen molar-refractivity contribution >= 4 is 5.82 Å². The molecule has 0 bridgehead atoms. The number of nitrogens with one attached hydrogen (secondary N) is 1. The summed E-state index contributed by atoms with van der Waals surface area (Å²) in [6.07, 6.45) is 1.93. The highest BCUT2D eigenvalue weighted by atomic mass is 19.1. The molecule has 0 saturated carbocycles. The highest BCUT2D eigenvalue weighted by molar-refractivity contribution is 5.73. The number of hydrogen-bond acceptors (Lipinski definition) is 7. The zero-order chi connectivity index (χ0) is 22.3. The summed E-state index contributed by atoms with van der Waals surface area (Å²) < 4.78 is 26.1. The molecule has 3 aliphatic rings. The van der Waals surface area contributed by atoms with Crippen LogP contribution in [0.1, 0.15) is 36.0 Å². The molecule has 4 heterocycles. The van der Waals surface area contributed by atoms with E-state index in [0.29, 0.717) is 56.3 Å². The second-order valence-corrected chi connectivity index (χ2v) is 9.53. The molecule has 32 heavy (non-hydrogen) atoms. The average Bonchev–Trinajstić information content (AvgIpc) is 2.74. The van der Waals surface area contributed by atoms with Crippen LogP contribution in [0.25, 0.3) is 11.3 Å². The Kier molecular flexibility index (Phi) is 5.77. The maximum Gasteiger partial charge on any atom is 0.154 e. The van der Waals surface area contributed by atoms with Gasteiger partial charge in [0.1, 0.15) is 17.6 Å². The highest BCUT2D eigenvalue weighted by Crippen LogP contribution is 2.42. The monoisotopic (exact) mass is 442 g/mol. The second kappa shape index (κ2) is 8.57. The van der Waals surface area contributed by atoms with Crippen LogP contribution in [0, 0.1) is 6.92 Å². The minimum atomic E-state index is -0.861. The summed E-state index contributed by atoms with van der Waals surface area (Å²) in [5, 5.41) is 23.2. The summed E-state index contributed by atoms with van der Waals surface area (Å²) in [5.74, 6) is 0.855. The number of likely N-dealkylation sites (N-methyl/N-ethyl adjacent to an activating group) is 1. The van der Waals surface area contributed by atoms with E-state index in [2.05, 4.69) is 15.5 Å². The van der Waals surface area contributed by atoms with Gasteiger partial charge in [-0.2, -0.15) is 0 Å². The Hall–Kier alpha value is -2.29. The number of anilines is 1. The van der Waals surface area contributed by atoms with Gasteiger partial charge >= 0.3 is 0 Å². The Balaban J connectivity index is 1.54. The predicted octanol–water partition coefficient (Wildman–Crippen LogP) is 3.23. The molecule has 2 atom stereocenters. The molecule has 2 saturated heterocycles. The first kappa shape index (κ1) is 21.6. The molecule has 8 heteroatoms. The maximum absolute atomic E-state index is 14.1.